The van der Waals surface area contributed by atoms with E-state index < -0.39 is 22.7 Å². The van der Waals surface area contributed by atoms with E-state index in [1.54, 1.807) is 6.92 Å². The monoisotopic (exact) mass is 576 g/mol. The van der Waals surface area contributed by atoms with Gasteiger partial charge in [-0.15, -0.1) is 0 Å². The number of ketones is 2. The maximum absolute atomic E-state index is 13.2. The molecule has 7 nitrogen and oxygen atoms in total. The molecule has 226 valence electrons. The lowest BCUT2D eigenvalue weighted by atomic mass is 9.57. The summed E-state index contributed by atoms with van der Waals surface area (Å²) in [6, 6.07) is 19.7. The third-order valence-corrected chi connectivity index (χ3v) is 10.1. The topological polar surface area (TPSA) is 91.3 Å². The van der Waals surface area contributed by atoms with E-state index in [1.807, 2.05) is 74.5 Å². The van der Waals surface area contributed by atoms with Crippen LogP contribution in [0.25, 0.3) is 0 Å². The molecule has 0 radical (unpaired) electrons. The van der Waals surface area contributed by atoms with Gasteiger partial charge in [0.25, 0.3) is 0 Å². The molecule has 6 atom stereocenters. The van der Waals surface area contributed by atoms with E-state index in [0.717, 1.165) is 11.1 Å². The number of ether oxygens (including phenoxy) is 4. The summed E-state index contributed by atoms with van der Waals surface area (Å²) in [4.78, 5) is 26.3. The van der Waals surface area contributed by atoms with E-state index in [2.05, 4.69) is 6.92 Å². The van der Waals surface area contributed by atoms with Gasteiger partial charge in [0.05, 0.1) is 19.3 Å². The van der Waals surface area contributed by atoms with Crippen molar-refractivity contribution in [3.05, 3.63) is 82.9 Å². The minimum Gasteiger partial charge on any atom is -0.380 e. The van der Waals surface area contributed by atoms with Gasteiger partial charge < -0.3 is 24.1 Å². The number of Topliss-reactive ketones (excluding diaryl/α,β-unsaturated/α-hetero) is 2. The Labute approximate surface area is 249 Å². The number of fused-ring (bicyclic) bond motifs is 3. The minimum atomic E-state index is -1.64. The molecule has 2 aromatic rings. The second kappa shape index (κ2) is 12.5. The van der Waals surface area contributed by atoms with Crippen LogP contribution in [0.1, 0.15) is 70.9 Å². The van der Waals surface area contributed by atoms with Crippen LogP contribution in [0, 0.1) is 17.3 Å². The molecule has 4 unspecified atom stereocenters. The lowest BCUT2D eigenvalue weighted by Crippen LogP contribution is -2.70. The maximum Gasteiger partial charge on any atom is 0.159 e. The Morgan fingerprint density at radius 2 is 1.57 bits per heavy atom. The van der Waals surface area contributed by atoms with Crippen molar-refractivity contribution in [3.63, 3.8) is 0 Å². The van der Waals surface area contributed by atoms with Crippen LogP contribution in [-0.2, 0) is 41.8 Å². The van der Waals surface area contributed by atoms with Gasteiger partial charge in [-0.1, -0.05) is 81.4 Å². The van der Waals surface area contributed by atoms with Crippen molar-refractivity contribution in [2.24, 2.45) is 17.3 Å². The van der Waals surface area contributed by atoms with E-state index in [9.17, 15) is 14.7 Å². The molecular formula is C35H44O7. The predicted octanol–water partition coefficient (Wildman–Crippen LogP) is 5.93. The summed E-state index contributed by atoms with van der Waals surface area (Å²) >= 11 is 0. The van der Waals surface area contributed by atoms with Crippen LogP contribution >= 0.6 is 0 Å². The SMILES string of the molecule is CCC(=O)CC1(C)[C@H]2CC(=O)C(C)=C2C2(O)C(OCOCc3ccccc3)C(C)CC[C@@]21OCOCc1ccccc1. The summed E-state index contributed by atoms with van der Waals surface area (Å²) in [6.45, 7) is 8.36. The average Bonchev–Trinajstić information content (AvgIpc) is 3.38. The Morgan fingerprint density at radius 1 is 0.976 bits per heavy atom. The highest BCUT2D eigenvalue weighted by Crippen LogP contribution is 2.70. The number of carbonyl (C=O) groups excluding carboxylic acids is 2. The quantitative estimate of drug-likeness (QED) is 0.233. The fraction of sp³-hybridized carbons (Fsp3) is 0.543. The molecule has 7 heteroatoms. The molecule has 0 spiro atoms. The molecule has 42 heavy (non-hydrogen) atoms. The predicted molar refractivity (Wildman–Crippen MR) is 158 cm³/mol. The summed E-state index contributed by atoms with van der Waals surface area (Å²) in [5.74, 6) is -0.294. The average molecular weight is 577 g/mol. The van der Waals surface area contributed by atoms with Crippen LogP contribution in [0.3, 0.4) is 0 Å². The molecule has 5 rings (SSSR count). The molecule has 0 bridgehead atoms. The molecule has 2 fully saturated rings. The Bertz CT molecular complexity index is 1290. The first-order valence-electron chi connectivity index (χ1n) is 15.2. The third-order valence-electron chi connectivity index (χ3n) is 10.1. The molecule has 0 heterocycles. The van der Waals surface area contributed by atoms with Crippen molar-refractivity contribution in [1.82, 2.24) is 0 Å². The van der Waals surface area contributed by atoms with E-state index >= 15 is 0 Å². The smallest absolute Gasteiger partial charge is 0.159 e. The summed E-state index contributed by atoms with van der Waals surface area (Å²) in [5, 5.41) is 13.1. The van der Waals surface area contributed by atoms with Crippen molar-refractivity contribution in [3.8, 4) is 0 Å². The normalized spacial score (nSPS) is 32.2. The first-order valence-corrected chi connectivity index (χ1v) is 15.2. The number of aliphatic hydroxyl groups is 1. The van der Waals surface area contributed by atoms with Crippen molar-refractivity contribution in [2.75, 3.05) is 13.6 Å². The van der Waals surface area contributed by atoms with Crippen LogP contribution in [0.5, 0.6) is 0 Å². The standard InChI is InChI=1S/C35H44O7/c1-5-28(36)19-33(4)29-18-30(37)25(3)31(29)35(38)32(41-22-39-20-26-12-8-6-9-13-26)24(2)16-17-34(33,35)42-23-40-21-27-14-10-7-11-15-27/h6-15,24,29,32,38H,5,16-23H2,1-4H3/t24?,29-,32?,33?,34-,35?/m0/s1. The van der Waals surface area contributed by atoms with Gasteiger partial charge in [-0.2, -0.15) is 0 Å². The zero-order valence-electron chi connectivity index (χ0n) is 25.3. The highest BCUT2D eigenvalue weighted by Gasteiger charge is 2.78. The van der Waals surface area contributed by atoms with Crippen LogP contribution in [0.2, 0.25) is 0 Å². The van der Waals surface area contributed by atoms with Crippen molar-refractivity contribution >= 4 is 11.6 Å². The van der Waals surface area contributed by atoms with Gasteiger partial charge in [0.2, 0.25) is 0 Å². The maximum atomic E-state index is 13.2. The van der Waals surface area contributed by atoms with Gasteiger partial charge in [0.1, 0.15) is 30.6 Å². The van der Waals surface area contributed by atoms with Crippen molar-refractivity contribution in [2.45, 2.75) is 90.3 Å². The highest BCUT2D eigenvalue weighted by molar-refractivity contribution is 6.00. The number of carbonyl (C=O) groups is 2. The summed E-state index contributed by atoms with van der Waals surface area (Å²) in [6.07, 6.45) is 1.35. The molecule has 0 saturated heterocycles. The zero-order chi connectivity index (χ0) is 30.0. The lowest BCUT2D eigenvalue weighted by Gasteiger charge is -2.57. The fourth-order valence-electron chi connectivity index (χ4n) is 7.90. The zero-order valence-corrected chi connectivity index (χ0v) is 25.3. The van der Waals surface area contributed by atoms with Gasteiger partial charge in [-0.3, -0.25) is 9.59 Å². The first-order chi connectivity index (χ1) is 20.2. The Balaban J connectivity index is 1.48. The van der Waals surface area contributed by atoms with Crippen LogP contribution in [0.4, 0.5) is 0 Å². The molecule has 0 aromatic heterocycles. The van der Waals surface area contributed by atoms with Crippen LogP contribution < -0.4 is 0 Å². The Kier molecular flexibility index (Phi) is 9.16. The van der Waals surface area contributed by atoms with Crippen LogP contribution in [0.15, 0.2) is 71.8 Å². The van der Waals surface area contributed by atoms with Gasteiger partial charge in [0.15, 0.2) is 5.78 Å². The van der Waals surface area contributed by atoms with E-state index in [0.29, 0.717) is 43.6 Å². The first kappa shape index (κ1) is 30.8. The third kappa shape index (κ3) is 5.20. The van der Waals surface area contributed by atoms with E-state index in [1.165, 1.54) is 0 Å². The van der Waals surface area contributed by atoms with Crippen LogP contribution in [-0.4, -0.2) is 47.6 Å². The second-order valence-corrected chi connectivity index (χ2v) is 12.4. The lowest BCUT2D eigenvalue weighted by molar-refractivity contribution is -0.302. The fourth-order valence-corrected chi connectivity index (χ4v) is 7.90. The number of benzene rings is 2. The van der Waals surface area contributed by atoms with Crippen molar-refractivity contribution < 1.29 is 33.6 Å². The van der Waals surface area contributed by atoms with Gasteiger partial charge in [-0.05, 0) is 53.9 Å². The molecule has 3 aliphatic rings. The molecule has 2 aromatic carbocycles. The molecule has 0 aliphatic heterocycles. The molecule has 2 saturated carbocycles. The highest BCUT2D eigenvalue weighted by atomic mass is 16.7. The Morgan fingerprint density at radius 3 is 2.17 bits per heavy atom. The second-order valence-electron chi connectivity index (χ2n) is 12.4. The molecular weight excluding hydrogens is 532 g/mol. The molecule has 1 N–H and O–H groups in total. The number of allylic oxidation sites excluding steroid dienone is 1. The number of hydrogen-bond acceptors (Lipinski definition) is 7. The summed E-state index contributed by atoms with van der Waals surface area (Å²) in [7, 11) is 0. The number of hydrogen-bond donors (Lipinski definition) is 1. The summed E-state index contributed by atoms with van der Waals surface area (Å²) in [5.41, 5.74) is -0.403. The van der Waals surface area contributed by atoms with Gasteiger partial charge in [0, 0.05) is 24.7 Å². The van der Waals surface area contributed by atoms with Gasteiger partial charge >= 0.3 is 0 Å². The van der Waals surface area contributed by atoms with Gasteiger partial charge in [-0.25, -0.2) is 0 Å². The summed E-state index contributed by atoms with van der Waals surface area (Å²) < 4.78 is 25.1. The number of rotatable bonds is 13. The minimum absolute atomic E-state index is 0.00447. The van der Waals surface area contributed by atoms with E-state index in [-0.39, 0.29) is 49.8 Å². The van der Waals surface area contributed by atoms with Crippen molar-refractivity contribution in [1.29, 1.82) is 0 Å². The molecule has 0 amide bonds. The van der Waals surface area contributed by atoms with E-state index in [4.69, 9.17) is 18.9 Å². The Hall–Kier alpha value is -2.68. The largest absolute Gasteiger partial charge is 0.380 e. The molecule has 3 aliphatic carbocycles.